The van der Waals surface area contributed by atoms with Crippen LogP contribution in [0.2, 0.25) is 0 Å². The third-order valence-electron chi connectivity index (χ3n) is 4.55. The standard InChI is InChI=1S/C19H28ClN5OS/c1-3-4-15(16(20)14(2)21)27-18-17(22)24-9-6-19(7-12-26-13-19)5-8-23-10-11-25-18/h3-4,10-11,23H,1,5-9,12-13,21H2,2H3,(H2,22,24)/b11-10+,15-4+,16-14-,25-18-. The Labute approximate surface area is 170 Å². The van der Waals surface area contributed by atoms with Crippen molar-refractivity contribution in [2.45, 2.75) is 26.2 Å². The van der Waals surface area contributed by atoms with Crippen molar-refractivity contribution in [2.75, 3.05) is 26.3 Å². The van der Waals surface area contributed by atoms with Crippen LogP contribution in [0.5, 0.6) is 0 Å². The number of aliphatic imine (C=N–C) groups is 2. The highest BCUT2D eigenvalue weighted by Crippen LogP contribution is 2.36. The number of rotatable bonds is 3. The molecule has 2 aliphatic rings. The maximum Gasteiger partial charge on any atom is 0.151 e. The number of hydrogen-bond acceptors (Lipinski definition) is 7. The molecular weight excluding hydrogens is 382 g/mol. The number of nitrogens with zero attached hydrogens (tertiary/aromatic N) is 2. The highest BCUT2D eigenvalue weighted by atomic mass is 35.5. The zero-order valence-electron chi connectivity index (χ0n) is 15.7. The fourth-order valence-electron chi connectivity index (χ4n) is 2.93. The van der Waals surface area contributed by atoms with Crippen molar-refractivity contribution < 1.29 is 4.74 Å². The average molecular weight is 410 g/mol. The molecule has 2 rings (SSSR count). The monoisotopic (exact) mass is 409 g/mol. The van der Waals surface area contributed by atoms with E-state index in [1.54, 1.807) is 25.3 Å². The van der Waals surface area contributed by atoms with Crippen LogP contribution in [0, 0.1) is 5.41 Å². The van der Waals surface area contributed by atoms with E-state index in [4.69, 9.17) is 27.8 Å². The SMILES string of the molecule is C=C/C=C(SC1=N\C=C\NCCC2(CC/N=C\1N)CCOC2)\C(Cl)=C(/C)N. The largest absolute Gasteiger partial charge is 0.401 e. The zero-order chi connectivity index (χ0) is 19.7. The predicted molar refractivity (Wildman–Crippen MR) is 117 cm³/mol. The Kier molecular flexibility index (Phi) is 8.47. The van der Waals surface area contributed by atoms with Crippen LogP contribution in [0.3, 0.4) is 0 Å². The summed E-state index contributed by atoms with van der Waals surface area (Å²) in [6.45, 7) is 8.58. The number of amidine groups is 1. The van der Waals surface area contributed by atoms with Crippen LogP contribution in [0.15, 0.2) is 56.8 Å². The lowest BCUT2D eigenvalue weighted by Gasteiger charge is -2.26. The van der Waals surface area contributed by atoms with Gasteiger partial charge in [-0.25, -0.2) is 4.99 Å². The molecule has 0 aromatic carbocycles. The number of nitrogens with two attached hydrogens (primary N) is 2. The minimum Gasteiger partial charge on any atom is -0.401 e. The first kappa shape index (κ1) is 21.6. The highest BCUT2D eigenvalue weighted by molar-refractivity contribution is 8.19. The molecule has 0 radical (unpaired) electrons. The molecule has 1 unspecified atom stereocenters. The number of ether oxygens (including phenoxy) is 1. The van der Waals surface area contributed by atoms with E-state index < -0.39 is 0 Å². The molecule has 1 fully saturated rings. The lowest BCUT2D eigenvalue weighted by Crippen LogP contribution is -2.28. The van der Waals surface area contributed by atoms with E-state index in [1.165, 1.54) is 11.8 Å². The molecule has 1 spiro atoms. The van der Waals surface area contributed by atoms with Gasteiger partial charge in [-0.1, -0.05) is 36.0 Å². The Morgan fingerprint density at radius 3 is 2.93 bits per heavy atom. The summed E-state index contributed by atoms with van der Waals surface area (Å²) >= 11 is 7.65. The van der Waals surface area contributed by atoms with Gasteiger partial charge in [-0.3, -0.25) is 4.99 Å². The van der Waals surface area contributed by atoms with Crippen LogP contribution >= 0.6 is 23.4 Å². The summed E-state index contributed by atoms with van der Waals surface area (Å²) in [6.07, 6.45) is 9.98. The molecule has 0 aliphatic carbocycles. The molecule has 5 N–H and O–H groups in total. The lowest BCUT2D eigenvalue weighted by molar-refractivity contribution is 0.141. The quantitative estimate of drug-likeness (QED) is 0.621. The highest BCUT2D eigenvalue weighted by Gasteiger charge is 2.33. The summed E-state index contributed by atoms with van der Waals surface area (Å²) in [5, 5.41) is 4.31. The molecule has 6 nitrogen and oxygen atoms in total. The summed E-state index contributed by atoms with van der Waals surface area (Å²) in [7, 11) is 0. The van der Waals surface area contributed by atoms with Crippen LogP contribution in [-0.2, 0) is 4.74 Å². The van der Waals surface area contributed by atoms with Crippen molar-refractivity contribution >= 4 is 34.2 Å². The van der Waals surface area contributed by atoms with E-state index in [1.807, 2.05) is 6.20 Å². The number of allylic oxidation sites excluding steroid dienone is 4. The second-order valence-electron chi connectivity index (χ2n) is 6.64. The third-order valence-corrected chi connectivity index (χ3v) is 6.23. The molecule has 148 valence electrons. The van der Waals surface area contributed by atoms with Gasteiger partial charge in [0.2, 0.25) is 0 Å². The van der Waals surface area contributed by atoms with E-state index >= 15 is 0 Å². The number of hydrogen-bond donors (Lipinski definition) is 3. The van der Waals surface area contributed by atoms with Gasteiger partial charge in [-0.15, -0.1) is 0 Å². The third kappa shape index (κ3) is 6.45. The van der Waals surface area contributed by atoms with Gasteiger partial charge in [-0.2, -0.15) is 0 Å². The van der Waals surface area contributed by atoms with E-state index in [2.05, 4.69) is 21.9 Å². The molecule has 0 aromatic rings. The first-order chi connectivity index (χ1) is 13.0. The molecule has 8 heteroatoms. The molecule has 1 saturated heterocycles. The predicted octanol–water partition coefficient (Wildman–Crippen LogP) is 3.24. The average Bonchev–Trinajstić information content (AvgIpc) is 3.10. The topological polar surface area (TPSA) is 98.0 Å². The minimum absolute atomic E-state index is 0.172. The van der Waals surface area contributed by atoms with E-state index in [9.17, 15) is 0 Å². The van der Waals surface area contributed by atoms with Crippen LogP contribution in [0.1, 0.15) is 26.2 Å². The lowest BCUT2D eigenvalue weighted by atomic mass is 9.80. The van der Waals surface area contributed by atoms with Gasteiger partial charge in [0.1, 0.15) is 5.04 Å². The smallest absolute Gasteiger partial charge is 0.151 e. The Morgan fingerprint density at radius 2 is 2.26 bits per heavy atom. The van der Waals surface area contributed by atoms with E-state index in [0.717, 1.165) is 43.9 Å². The van der Waals surface area contributed by atoms with Gasteiger partial charge < -0.3 is 21.5 Å². The summed E-state index contributed by atoms with van der Waals surface area (Å²) in [4.78, 5) is 9.73. The molecule has 1 atom stereocenters. The van der Waals surface area contributed by atoms with Gasteiger partial charge in [0.15, 0.2) is 5.84 Å². The second kappa shape index (κ2) is 10.6. The summed E-state index contributed by atoms with van der Waals surface area (Å²) in [5.41, 5.74) is 12.8. The zero-order valence-corrected chi connectivity index (χ0v) is 17.3. The van der Waals surface area contributed by atoms with Crippen molar-refractivity contribution in [2.24, 2.45) is 26.9 Å². The van der Waals surface area contributed by atoms with Crippen LogP contribution < -0.4 is 16.8 Å². The van der Waals surface area contributed by atoms with Gasteiger partial charge in [0.25, 0.3) is 0 Å². The Hall–Kier alpha value is -1.70. The molecule has 0 bridgehead atoms. The molecule has 27 heavy (non-hydrogen) atoms. The molecule has 2 heterocycles. The summed E-state index contributed by atoms with van der Waals surface area (Å²) in [5.74, 6) is 0.383. The maximum absolute atomic E-state index is 6.33. The van der Waals surface area contributed by atoms with Crippen molar-refractivity contribution in [1.29, 1.82) is 0 Å². The first-order valence-corrected chi connectivity index (χ1v) is 10.1. The van der Waals surface area contributed by atoms with Gasteiger partial charge >= 0.3 is 0 Å². The van der Waals surface area contributed by atoms with Crippen LogP contribution in [0.25, 0.3) is 0 Å². The second-order valence-corrected chi connectivity index (χ2v) is 8.05. The molecule has 2 aliphatic heterocycles. The Balaban J connectivity index is 2.24. The fourth-order valence-corrected chi connectivity index (χ4v) is 4.02. The number of nitrogens with one attached hydrogen (secondary N) is 1. The van der Waals surface area contributed by atoms with Crippen molar-refractivity contribution in [3.05, 3.63) is 46.8 Å². The molecule has 0 saturated carbocycles. The normalized spacial score (nSPS) is 30.7. The van der Waals surface area contributed by atoms with E-state index in [-0.39, 0.29) is 5.41 Å². The van der Waals surface area contributed by atoms with Crippen molar-refractivity contribution in [3.8, 4) is 0 Å². The van der Waals surface area contributed by atoms with Crippen LogP contribution in [-0.4, -0.2) is 37.2 Å². The number of halogens is 1. The van der Waals surface area contributed by atoms with Crippen LogP contribution in [0.4, 0.5) is 0 Å². The Bertz CT molecular complexity index is 686. The maximum atomic E-state index is 6.33. The van der Waals surface area contributed by atoms with Gasteiger partial charge in [-0.05, 0) is 37.7 Å². The molecule has 0 aromatic heterocycles. The summed E-state index contributed by atoms with van der Waals surface area (Å²) in [6, 6.07) is 0. The number of thioether (sulfide) groups is 1. The molecular formula is C19H28ClN5OS. The Morgan fingerprint density at radius 1 is 1.44 bits per heavy atom. The van der Waals surface area contributed by atoms with Gasteiger partial charge in [0.05, 0.1) is 11.6 Å². The van der Waals surface area contributed by atoms with Crippen molar-refractivity contribution in [1.82, 2.24) is 5.32 Å². The summed E-state index contributed by atoms with van der Waals surface area (Å²) < 4.78 is 5.64. The first-order valence-electron chi connectivity index (χ1n) is 8.94. The van der Waals surface area contributed by atoms with E-state index in [0.29, 0.717) is 28.2 Å². The fraction of sp³-hybridized carbons (Fsp3) is 0.474. The van der Waals surface area contributed by atoms with Gasteiger partial charge in [0, 0.05) is 42.7 Å². The minimum atomic E-state index is 0.172. The van der Waals surface area contributed by atoms with Crippen molar-refractivity contribution in [3.63, 3.8) is 0 Å². The molecule has 0 amide bonds.